The molecule has 3 rings (SSSR count). The first-order chi connectivity index (χ1) is 13.0. The molecule has 1 aliphatic heterocycles. The Morgan fingerprint density at radius 3 is 2.67 bits per heavy atom. The van der Waals surface area contributed by atoms with Gasteiger partial charge in [-0.25, -0.2) is 9.48 Å². The molecule has 2 heterocycles. The van der Waals surface area contributed by atoms with E-state index >= 15 is 0 Å². The highest BCUT2D eigenvalue weighted by molar-refractivity contribution is 5.94. The highest BCUT2D eigenvalue weighted by atomic mass is 16.5. The standard InChI is InChI=1S/C20H25N3O4/c1-4-26-20(25)18-13(2)22-23(14(18)3)16-9-7-15(8-10-16)19(24)21-12-17-6-5-11-27-17/h7-10,17H,4-6,11-12H2,1-3H3,(H,21,24)/t17-/m0/s1. The fourth-order valence-electron chi connectivity index (χ4n) is 3.26. The van der Waals surface area contributed by atoms with Crippen molar-refractivity contribution in [2.45, 2.75) is 39.7 Å². The van der Waals surface area contributed by atoms with Crippen molar-refractivity contribution in [3.05, 3.63) is 46.8 Å². The summed E-state index contributed by atoms with van der Waals surface area (Å²) in [5.74, 6) is -0.499. The zero-order valence-electron chi connectivity index (χ0n) is 15.9. The lowest BCUT2D eigenvalue weighted by atomic mass is 10.1. The highest BCUT2D eigenvalue weighted by Crippen LogP contribution is 2.19. The summed E-state index contributed by atoms with van der Waals surface area (Å²) < 4.78 is 12.3. The molecule has 0 spiro atoms. The number of aromatic nitrogens is 2. The molecule has 1 aliphatic rings. The molecular weight excluding hydrogens is 346 g/mol. The van der Waals surface area contributed by atoms with Gasteiger partial charge in [0.2, 0.25) is 0 Å². The third-order valence-corrected chi connectivity index (χ3v) is 4.66. The molecule has 27 heavy (non-hydrogen) atoms. The van der Waals surface area contributed by atoms with Gasteiger partial charge in [0.15, 0.2) is 0 Å². The summed E-state index contributed by atoms with van der Waals surface area (Å²) in [7, 11) is 0. The number of nitrogens with zero attached hydrogens (tertiary/aromatic N) is 2. The quantitative estimate of drug-likeness (QED) is 0.789. The number of amides is 1. The molecule has 1 saturated heterocycles. The number of ether oxygens (including phenoxy) is 2. The molecule has 0 aliphatic carbocycles. The number of carbonyl (C=O) groups is 2. The zero-order chi connectivity index (χ0) is 19.4. The smallest absolute Gasteiger partial charge is 0.341 e. The Balaban J connectivity index is 1.72. The van der Waals surface area contributed by atoms with Crippen LogP contribution in [0.3, 0.4) is 0 Å². The van der Waals surface area contributed by atoms with Gasteiger partial charge in [-0.1, -0.05) is 0 Å². The van der Waals surface area contributed by atoms with E-state index in [9.17, 15) is 9.59 Å². The summed E-state index contributed by atoms with van der Waals surface area (Å²) >= 11 is 0. The number of rotatable bonds is 6. The van der Waals surface area contributed by atoms with Gasteiger partial charge in [-0.2, -0.15) is 5.10 Å². The van der Waals surface area contributed by atoms with Crippen molar-refractivity contribution >= 4 is 11.9 Å². The first kappa shape index (κ1) is 19.1. The highest BCUT2D eigenvalue weighted by Gasteiger charge is 2.21. The maximum absolute atomic E-state index is 12.3. The van der Waals surface area contributed by atoms with E-state index in [0.717, 1.165) is 25.1 Å². The third-order valence-electron chi connectivity index (χ3n) is 4.66. The van der Waals surface area contributed by atoms with Crippen LogP contribution in [-0.4, -0.2) is 47.5 Å². The van der Waals surface area contributed by atoms with Gasteiger partial charge < -0.3 is 14.8 Å². The van der Waals surface area contributed by atoms with Crippen molar-refractivity contribution in [1.29, 1.82) is 0 Å². The van der Waals surface area contributed by atoms with Gasteiger partial charge >= 0.3 is 5.97 Å². The van der Waals surface area contributed by atoms with Crippen LogP contribution in [0, 0.1) is 13.8 Å². The molecule has 0 unspecified atom stereocenters. The fourth-order valence-corrected chi connectivity index (χ4v) is 3.26. The number of hydrogen-bond donors (Lipinski definition) is 1. The molecule has 1 aromatic carbocycles. The summed E-state index contributed by atoms with van der Waals surface area (Å²) in [6.45, 7) is 7.00. The molecule has 1 amide bonds. The third kappa shape index (κ3) is 4.19. The molecule has 1 atom stereocenters. The summed E-state index contributed by atoms with van der Waals surface area (Å²) in [6, 6.07) is 7.13. The van der Waals surface area contributed by atoms with Crippen molar-refractivity contribution in [2.24, 2.45) is 0 Å². The number of benzene rings is 1. The summed E-state index contributed by atoms with van der Waals surface area (Å²) in [5.41, 5.74) is 3.16. The molecular formula is C20H25N3O4. The average Bonchev–Trinajstić information content (AvgIpc) is 3.28. The lowest BCUT2D eigenvalue weighted by Crippen LogP contribution is -2.31. The Labute approximate surface area is 158 Å². The average molecular weight is 371 g/mol. The zero-order valence-corrected chi connectivity index (χ0v) is 15.9. The van der Waals surface area contributed by atoms with E-state index in [0.29, 0.717) is 35.7 Å². The van der Waals surface area contributed by atoms with E-state index in [2.05, 4.69) is 10.4 Å². The molecule has 0 radical (unpaired) electrons. The van der Waals surface area contributed by atoms with Gasteiger partial charge in [-0.15, -0.1) is 0 Å². The van der Waals surface area contributed by atoms with E-state index in [4.69, 9.17) is 9.47 Å². The number of hydrogen-bond acceptors (Lipinski definition) is 5. The van der Waals surface area contributed by atoms with Crippen LogP contribution in [0.1, 0.15) is 51.9 Å². The molecule has 7 nitrogen and oxygen atoms in total. The van der Waals surface area contributed by atoms with E-state index < -0.39 is 0 Å². The molecule has 1 aromatic heterocycles. The SMILES string of the molecule is CCOC(=O)c1c(C)nn(-c2ccc(C(=O)NC[C@@H]3CCCO3)cc2)c1C. The van der Waals surface area contributed by atoms with Crippen molar-refractivity contribution in [3.8, 4) is 5.69 Å². The lowest BCUT2D eigenvalue weighted by Gasteiger charge is -2.11. The van der Waals surface area contributed by atoms with Gasteiger partial charge in [-0.05, 0) is 57.9 Å². The Hall–Kier alpha value is -2.67. The maximum atomic E-state index is 12.3. The van der Waals surface area contributed by atoms with Crippen LogP contribution in [-0.2, 0) is 9.47 Å². The van der Waals surface area contributed by atoms with Crippen LogP contribution in [0.15, 0.2) is 24.3 Å². The second-order valence-corrected chi connectivity index (χ2v) is 6.57. The van der Waals surface area contributed by atoms with E-state index in [1.165, 1.54) is 0 Å². The van der Waals surface area contributed by atoms with Gasteiger partial charge in [0.1, 0.15) is 5.56 Å². The van der Waals surface area contributed by atoms with Gasteiger partial charge in [0.25, 0.3) is 5.91 Å². The lowest BCUT2D eigenvalue weighted by molar-refractivity contribution is 0.0524. The minimum Gasteiger partial charge on any atom is -0.462 e. The molecule has 7 heteroatoms. The number of carbonyl (C=O) groups excluding carboxylic acids is 2. The van der Waals surface area contributed by atoms with Crippen LogP contribution >= 0.6 is 0 Å². The molecule has 0 bridgehead atoms. The monoisotopic (exact) mass is 371 g/mol. The van der Waals surface area contributed by atoms with Crippen LogP contribution in [0.2, 0.25) is 0 Å². The summed E-state index contributed by atoms with van der Waals surface area (Å²) in [6.07, 6.45) is 2.15. The number of aryl methyl sites for hydroxylation is 1. The number of esters is 1. The van der Waals surface area contributed by atoms with Crippen molar-refractivity contribution in [2.75, 3.05) is 19.8 Å². The molecule has 1 fully saturated rings. The first-order valence-corrected chi connectivity index (χ1v) is 9.24. The Bertz CT molecular complexity index is 820. The van der Waals surface area contributed by atoms with E-state index in [1.807, 2.05) is 19.1 Å². The van der Waals surface area contributed by atoms with Crippen LogP contribution in [0.5, 0.6) is 0 Å². The molecule has 1 N–H and O–H groups in total. The van der Waals surface area contributed by atoms with Crippen LogP contribution in [0.4, 0.5) is 0 Å². The predicted octanol–water partition coefficient (Wildman–Crippen LogP) is 2.57. The Morgan fingerprint density at radius 2 is 2.04 bits per heavy atom. The van der Waals surface area contributed by atoms with Crippen molar-refractivity contribution < 1.29 is 19.1 Å². The first-order valence-electron chi connectivity index (χ1n) is 9.24. The topological polar surface area (TPSA) is 82.5 Å². The Morgan fingerprint density at radius 1 is 1.30 bits per heavy atom. The minimum atomic E-state index is -0.371. The van der Waals surface area contributed by atoms with Gasteiger partial charge in [0, 0.05) is 18.7 Å². The second-order valence-electron chi connectivity index (χ2n) is 6.57. The normalized spacial score (nSPS) is 16.3. The summed E-state index contributed by atoms with van der Waals surface area (Å²) in [5, 5.41) is 7.35. The van der Waals surface area contributed by atoms with E-state index in [1.54, 1.807) is 30.7 Å². The second kappa shape index (κ2) is 8.35. The largest absolute Gasteiger partial charge is 0.462 e. The van der Waals surface area contributed by atoms with Crippen molar-refractivity contribution in [1.82, 2.24) is 15.1 Å². The van der Waals surface area contributed by atoms with E-state index in [-0.39, 0.29) is 18.0 Å². The minimum absolute atomic E-state index is 0.115. The van der Waals surface area contributed by atoms with Gasteiger partial charge in [0.05, 0.1) is 29.8 Å². The maximum Gasteiger partial charge on any atom is 0.341 e. The molecule has 2 aromatic rings. The van der Waals surface area contributed by atoms with Gasteiger partial charge in [-0.3, -0.25) is 4.79 Å². The number of nitrogens with one attached hydrogen (secondary N) is 1. The van der Waals surface area contributed by atoms with Crippen LogP contribution in [0.25, 0.3) is 5.69 Å². The molecule has 144 valence electrons. The molecule has 0 saturated carbocycles. The van der Waals surface area contributed by atoms with Crippen LogP contribution < -0.4 is 5.32 Å². The summed E-state index contributed by atoms with van der Waals surface area (Å²) in [4.78, 5) is 24.4. The fraction of sp³-hybridized carbons (Fsp3) is 0.450. The van der Waals surface area contributed by atoms with Crippen molar-refractivity contribution in [3.63, 3.8) is 0 Å². The Kier molecular flexibility index (Phi) is 5.91. The predicted molar refractivity (Wildman–Crippen MR) is 100 cm³/mol.